The molecule has 1 aromatic rings. The number of nitrogens with one attached hydrogen (secondary N) is 1. The molecule has 1 atom stereocenters. The lowest BCUT2D eigenvalue weighted by atomic mass is 10.1. The summed E-state index contributed by atoms with van der Waals surface area (Å²) in [5.74, 6) is 0.141. The highest BCUT2D eigenvalue weighted by Gasteiger charge is 2.42. The van der Waals surface area contributed by atoms with Crippen LogP contribution in [0.3, 0.4) is 0 Å². The van der Waals surface area contributed by atoms with Crippen molar-refractivity contribution < 1.29 is 13.2 Å². The van der Waals surface area contributed by atoms with Crippen LogP contribution < -0.4 is 5.32 Å². The molecule has 6 heteroatoms. The SMILES string of the molecule is CC(C)CNC(=O)[C@@H]1CCN1S(=O)(=O)c1ccccc1. The van der Waals surface area contributed by atoms with Crippen LogP contribution in [0.25, 0.3) is 0 Å². The van der Waals surface area contributed by atoms with Crippen molar-refractivity contribution >= 4 is 15.9 Å². The zero-order valence-corrected chi connectivity index (χ0v) is 12.6. The monoisotopic (exact) mass is 296 g/mol. The smallest absolute Gasteiger partial charge is 0.243 e. The van der Waals surface area contributed by atoms with Gasteiger partial charge in [0, 0.05) is 13.1 Å². The number of benzene rings is 1. The summed E-state index contributed by atoms with van der Waals surface area (Å²) < 4.78 is 26.1. The molecule has 0 aliphatic carbocycles. The number of carbonyl (C=O) groups excluding carboxylic acids is 1. The molecule has 1 heterocycles. The summed E-state index contributed by atoms with van der Waals surface area (Å²) in [5.41, 5.74) is 0. The Hall–Kier alpha value is -1.40. The van der Waals surface area contributed by atoms with Gasteiger partial charge >= 0.3 is 0 Å². The number of hydrogen-bond acceptors (Lipinski definition) is 3. The van der Waals surface area contributed by atoms with Gasteiger partial charge in [0.05, 0.1) is 4.90 Å². The molecule has 0 saturated carbocycles. The molecule has 1 aliphatic heterocycles. The maximum absolute atomic E-state index is 12.4. The van der Waals surface area contributed by atoms with Crippen LogP contribution in [0.2, 0.25) is 0 Å². The lowest BCUT2D eigenvalue weighted by Gasteiger charge is -2.38. The van der Waals surface area contributed by atoms with Gasteiger partial charge < -0.3 is 5.32 Å². The predicted octanol–water partition coefficient (Wildman–Crippen LogP) is 1.22. The van der Waals surface area contributed by atoms with Crippen molar-refractivity contribution in [3.8, 4) is 0 Å². The molecular weight excluding hydrogens is 276 g/mol. The van der Waals surface area contributed by atoms with Crippen LogP contribution in [0, 0.1) is 5.92 Å². The third-order valence-corrected chi connectivity index (χ3v) is 5.23. The fraction of sp³-hybridized carbons (Fsp3) is 0.500. The second-order valence-corrected chi connectivity index (χ2v) is 7.26. The van der Waals surface area contributed by atoms with Gasteiger partial charge in [-0.15, -0.1) is 0 Å². The Balaban J connectivity index is 2.08. The fourth-order valence-electron chi connectivity index (χ4n) is 2.06. The van der Waals surface area contributed by atoms with E-state index in [2.05, 4.69) is 5.32 Å². The maximum atomic E-state index is 12.4. The van der Waals surface area contributed by atoms with Crippen LogP contribution in [0.1, 0.15) is 20.3 Å². The molecule has 0 radical (unpaired) electrons. The number of amides is 1. The molecule has 20 heavy (non-hydrogen) atoms. The lowest BCUT2D eigenvalue weighted by molar-refractivity contribution is -0.127. The molecule has 1 aromatic carbocycles. The number of nitrogens with zero attached hydrogens (tertiary/aromatic N) is 1. The molecule has 1 amide bonds. The fourth-order valence-corrected chi connectivity index (χ4v) is 3.72. The first-order chi connectivity index (χ1) is 9.43. The average Bonchev–Trinajstić information content (AvgIpc) is 2.35. The zero-order valence-electron chi connectivity index (χ0n) is 11.7. The maximum Gasteiger partial charge on any atom is 0.243 e. The highest BCUT2D eigenvalue weighted by Crippen LogP contribution is 2.26. The molecule has 0 unspecified atom stereocenters. The van der Waals surface area contributed by atoms with Gasteiger partial charge in [0.2, 0.25) is 15.9 Å². The normalized spacial score (nSPS) is 19.6. The summed E-state index contributed by atoms with van der Waals surface area (Å²) in [5, 5.41) is 2.79. The molecule has 1 aliphatic rings. The summed E-state index contributed by atoms with van der Waals surface area (Å²) in [7, 11) is -3.56. The zero-order chi connectivity index (χ0) is 14.8. The Labute approximate surface area is 120 Å². The molecule has 0 bridgehead atoms. The van der Waals surface area contributed by atoms with E-state index in [-0.39, 0.29) is 10.8 Å². The van der Waals surface area contributed by atoms with Crippen LogP contribution in [-0.4, -0.2) is 37.8 Å². The molecule has 0 spiro atoms. The first kappa shape index (κ1) is 15.0. The van der Waals surface area contributed by atoms with E-state index in [1.165, 1.54) is 4.31 Å². The van der Waals surface area contributed by atoms with Gasteiger partial charge in [-0.25, -0.2) is 8.42 Å². The van der Waals surface area contributed by atoms with Gasteiger partial charge in [-0.05, 0) is 24.5 Å². The molecular formula is C14H20N2O3S. The Morgan fingerprint density at radius 3 is 2.50 bits per heavy atom. The Morgan fingerprint density at radius 1 is 1.35 bits per heavy atom. The Bertz CT molecular complexity index is 569. The van der Waals surface area contributed by atoms with Gasteiger partial charge in [0.15, 0.2) is 0 Å². The van der Waals surface area contributed by atoms with Gasteiger partial charge in [-0.1, -0.05) is 32.0 Å². The Kier molecular flexibility index (Phi) is 4.45. The number of sulfonamides is 1. The van der Waals surface area contributed by atoms with E-state index in [1.54, 1.807) is 30.3 Å². The summed E-state index contributed by atoms with van der Waals surface area (Å²) in [4.78, 5) is 12.2. The third-order valence-electron chi connectivity index (χ3n) is 3.31. The largest absolute Gasteiger partial charge is 0.354 e. The van der Waals surface area contributed by atoms with Crippen LogP contribution in [0.5, 0.6) is 0 Å². The number of carbonyl (C=O) groups is 1. The summed E-state index contributed by atoms with van der Waals surface area (Å²) >= 11 is 0. The molecule has 0 aromatic heterocycles. The van der Waals surface area contributed by atoms with Crippen molar-refractivity contribution in [3.05, 3.63) is 30.3 Å². The van der Waals surface area contributed by atoms with Crippen molar-refractivity contribution in [3.63, 3.8) is 0 Å². The van der Waals surface area contributed by atoms with Crippen LogP contribution in [0.4, 0.5) is 0 Å². The van der Waals surface area contributed by atoms with Gasteiger partial charge in [-0.3, -0.25) is 4.79 Å². The molecule has 5 nitrogen and oxygen atoms in total. The molecule has 1 N–H and O–H groups in total. The van der Waals surface area contributed by atoms with E-state index in [9.17, 15) is 13.2 Å². The van der Waals surface area contributed by atoms with E-state index < -0.39 is 16.1 Å². The van der Waals surface area contributed by atoms with Crippen LogP contribution in [0.15, 0.2) is 35.2 Å². The van der Waals surface area contributed by atoms with Gasteiger partial charge in [0.25, 0.3) is 0 Å². The quantitative estimate of drug-likeness (QED) is 0.888. The van der Waals surface area contributed by atoms with Crippen molar-refractivity contribution in [2.75, 3.05) is 13.1 Å². The van der Waals surface area contributed by atoms with Crippen molar-refractivity contribution in [1.29, 1.82) is 0 Å². The van der Waals surface area contributed by atoms with Crippen molar-refractivity contribution in [2.24, 2.45) is 5.92 Å². The third kappa shape index (κ3) is 3.02. The molecule has 110 valence electrons. The molecule has 1 saturated heterocycles. The Morgan fingerprint density at radius 2 is 2.00 bits per heavy atom. The van der Waals surface area contributed by atoms with E-state index in [4.69, 9.17) is 0 Å². The molecule has 1 fully saturated rings. The lowest BCUT2D eigenvalue weighted by Crippen LogP contribution is -2.58. The minimum atomic E-state index is -3.56. The minimum absolute atomic E-state index is 0.204. The number of rotatable bonds is 5. The summed E-state index contributed by atoms with van der Waals surface area (Å²) in [6.45, 7) is 4.96. The first-order valence-electron chi connectivity index (χ1n) is 6.77. The van der Waals surface area contributed by atoms with E-state index >= 15 is 0 Å². The highest BCUT2D eigenvalue weighted by atomic mass is 32.2. The van der Waals surface area contributed by atoms with Crippen molar-refractivity contribution in [1.82, 2.24) is 9.62 Å². The van der Waals surface area contributed by atoms with Crippen LogP contribution in [-0.2, 0) is 14.8 Å². The second kappa shape index (κ2) is 5.93. The predicted molar refractivity (Wildman–Crippen MR) is 76.6 cm³/mol. The standard InChI is InChI=1S/C14H20N2O3S/c1-11(2)10-15-14(17)13-8-9-16(13)20(18,19)12-6-4-3-5-7-12/h3-7,11,13H,8-10H2,1-2H3,(H,15,17)/t13-/m0/s1. The van der Waals surface area contributed by atoms with Gasteiger partial charge in [0.1, 0.15) is 6.04 Å². The highest BCUT2D eigenvalue weighted by molar-refractivity contribution is 7.89. The van der Waals surface area contributed by atoms with Crippen LogP contribution >= 0.6 is 0 Å². The summed E-state index contributed by atoms with van der Waals surface area (Å²) in [6.07, 6.45) is 0.579. The topological polar surface area (TPSA) is 66.5 Å². The second-order valence-electron chi connectivity index (χ2n) is 5.37. The molecule has 2 rings (SSSR count). The minimum Gasteiger partial charge on any atom is -0.354 e. The van der Waals surface area contributed by atoms with Gasteiger partial charge in [-0.2, -0.15) is 4.31 Å². The van der Waals surface area contributed by atoms with E-state index in [0.29, 0.717) is 25.4 Å². The van der Waals surface area contributed by atoms with E-state index in [1.807, 2.05) is 13.8 Å². The first-order valence-corrected chi connectivity index (χ1v) is 8.21. The van der Waals surface area contributed by atoms with E-state index in [0.717, 1.165) is 0 Å². The number of hydrogen-bond donors (Lipinski definition) is 1. The van der Waals surface area contributed by atoms with Crippen molar-refractivity contribution in [2.45, 2.75) is 31.2 Å². The summed E-state index contributed by atoms with van der Waals surface area (Å²) in [6, 6.07) is 7.66. The average molecular weight is 296 g/mol.